The van der Waals surface area contributed by atoms with Crippen LogP contribution in [-0.2, 0) is 16.0 Å². The van der Waals surface area contributed by atoms with Gasteiger partial charge >= 0.3 is 5.97 Å². The molecule has 2 aromatic rings. The minimum Gasteiger partial charge on any atom is -0.480 e. The molecule has 0 spiro atoms. The number of carbonyl (C=O) groups is 3. The first-order valence-corrected chi connectivity index (χ1v) is 9.51. The van der Waals surface area contributed by atoms with E-state index in [9.17, 15) is 19.5 Å². The van der Waals surface area contributed by atoms with E-state index >= 15 is 0 Å². The Morgan fingerprint density at radius 3 is 2.57 bits per heavy atom. The summed E-state index contributed by atoms with van der Waals surface area (Å²) in [5.41, 5.74) is 5.02. The maximum atomic E-state index is 12.4. The molecule has 1 aliphatic rings. The van der Waals surface area contributed by atoms with Gasteiger partial charge < -0.3 is 10.4 Å². The summed E-state index contributed by atoms with van der Waals surface area (Å²) in [5, 5.41) is 14.4. The third kappa shape index (κ3) is 4.46. The molecule has 6 nitrogen and oxygen atoms in total. The lowest BCUT2D eigenvalue weighted by Gasteiger charge is -2.13. The summed E-state index contributed by atoms with van der Waals surface area (Å²) in [7, 11) is 0. The van der Waals surface area contributed by atoms with Crippen LogP contribution in [0.15, 0.2) is 42.5 Å². The van der Waals surface area contributed by atoms with Crippen LogP contribution < -0.4 is 10.6 Å². The molecule has 2 amide bonds. The van der Waals surface area contributed by atoms with Gasteiger partial charge in [-0.2, -0.15) is 0 Å². The minimum absolute atomic E-state index is 0.0319. The van der Waals surface area contributed by atoms with Crippen molar-refractivity contribution in [1.29, 1.82) is 0 Å². The monoisotopic (exact) mass is 380 g/mol. The van der Waals surface area contributed by atoms with Crippen LogP contribution in [0.5, 0.6) is 0 Å². The second kappa shape index (κ2) is 8.80. The molecule has 0 aromatic heterocycles. The van der Waals surface area contributed by atoms with Crippen molar-refractivity contribution in [3.05, 3.63) is 59.2 Å². The summed E-state index contributed by atoms with van der Waals surface area (Å²) in [6.45, 7) is 2.50. The Labute approximate surface area is 164 Å². The summed E-state index contributed by atoms with van der Waals surface area (Å²) in [6, 6.07) is 12.8. The van der Waals surface area contributed by atoms with Crippen LogP contribution in [0.2, 0.25) is 0 Å². The average molecular weight is 380 g/mol. The van der Waals surface area contributed by atoms with Crippen LogP contribution in [0.3, 0.4) is 0 Å². The van der Waals surface area contributed by atoms with Crippen molar-refractivity contribution < 1.29 is 19.5 Å². The maximum Gasteiger partial charge on any atom is 0.320 e. The van der Waals surface area contributed by atoms with E-state index in [1.165, 1.54) is 11.1 Å². The zero-order valence-corrected chi connectivity index (χ0v) is 15.8. The fourth-order valence-corrected chi connectivity index (χ4v) is 3.45. The molecule has 0 unspecified atom stereocenters. The molecule has 3 rings (SSSR count). The molecule has 1 aliphatic carbocycles. The number of imide groups is 1. The lowest BCUT2D eigenvalue weighted by Crippen LogP contribution is -2.39. The number of hydrogen-bond acceptors (Lipinski definition) is 4. The number of benzene rings is 2. The fraction of sp³-hybridized carbons (Fsp3) is 0.318. The molecular weight excluding hydrogens is 356 g/mol. The largest absolute Gasteiger partial charge is 0.480 e. The molecule has 28 heavy (non-hydrogen) atoms. The van der Waals surface area contributed by atoms with Crippen LogP contribution in [0, 0.1) is 0 Å². The molecule has 0 saturated heterocycles. The number of amides is 2. The predicted molar refractivity (Wildman–Crippen MR) is 106 cm³/mol. The van der Waals surface area contributed by atoms with Gasteiger partial charge in [0.1, 0.15) is 6.04 Å². The zero-order chi connectivity index (χ0) is 20.1. The van der Waals surface area contributed by atoms with E-state index in [4.69, 9.17) is 0 Å². The summed E-state index contributed by atoms with van der Waals surface area (Å²) < 4.78 is 0. The van der Waals surface area contributed by atoms with Gasteiger partial charge in [-0.05, 0) is 60.2 Å². The van der Waals surface area contributed by atoms with Gasteiger partial charge in [0.2, 0.25) is 5.91 Å². The zero-order valence-electron chi connectivity index (χ0n) is 15.8. The van der Waals surface area contributed by atoms with Gasteiger partial charge in [0.25, 0.3) is 5.91 Å². The molecule has 1 atom stereocenters. The topological polar surface area (TPSA) is 95.5 Å². The smallest absolute Gasteiger partial charge is 0.320 e. The quantitative estimate of drug-likeness (QED) is 0.558. The Hall–Kier alpha value is -2.99. The van der Waals surface area contributed by atoms with Gasteiger partial charge in [0.05, 0.1) is 0 Å². The number of rotatable bonds is 8. The number of carboxylic acid groups (broad SMARTS) is 1. The molecule has 2 aromatic carbocycles. The van der Waals surface area contributed by atoms with Crippen molar-refractivity contribution in [2.45, 2.75) is 38.6 Å². The van der Waals surface area contributed by atoms with Gasteiger partial charge in [-0.25, -0.2) is 0 Å². The van der Waals surface area contributed by atoms with Crippen LogP contribution in [-0.4, -0.2) is 35.5 Å². The first-order chi connectivity index (χ1) is 13.5. The number of aliphatic carboxylic acids is 1. The highest BCUT2D eigenvalue weighted by Crippen LogP contribution is 2.36. The highest BCUT2D eigenvalue weighted by molar-refractivity contribution is 6.05. The van der Waals surface area contributed by atoms with E-state index < -0.39 is 23.8 Å². The maximum absolute atomic E-state index is 12.4. The third-order valence-electron chi connectivity index (χ3n) is 4.91. The molecule has 6 heteroatoms. The van der Waals surface area contributed by atoms with E-state index in [2.05, 4.69) is 22.8 Å². The Balaban J connectivity index is 1.59. The van der Waals surface area contributed by atoms with Crippen LogP contribution in [0.25, 0.3) is 11.1 Å². The van der Waals surface area contributed by atoms with Crippen molar-refractivity contribution in [3.63, 3.8) is 0 Å². The highest BCUT2D eigenvalue weighted by Gasteiger charge is 2.21. The van der Waals surface area contributed by atoms with Crippen molar-refractivity contribution in [2.24, 2.45) is 0 Å². The van der Waals surface area contributed by atoms with Crippen LogP contribution in [0.4, 0.5) is 0 Å². The van der Waals surface area contributed by atoms with Gasteiger partial charge in [-0.15, -0.1) is 0 Å². The first kappa shape index (κ1) is 19.8. The van der Waals surface area contributed by atoms with Gasteiger partial charge in [-0.1, -0.05) is 37.3 Å². The lowest BCUT2D eigenvalue weighted by molar-refractivity contribution is -0.139. The second-order valence-corrected chi connectivity index (χ2v) is 6.97. The van der Waals surface area contributed by atoms with Gasteiger partial charge in [-0.3, -0.25) is 19.7 Å². The predicted octanol–water partition coefficient (Wildman–Crippen LogP) is 2.75. The van der Waals surface area contributed by atoms with E-state index in [1.54, 1.807) is 6.07 Å². The minimum atomic E-state index is -0.995. The molecule has 146 valence electrons. The second-order valence-electron chi connectivity index (χ2n) is 6.97. The molecule has 3 N–H and O–H groups in total. The third-order valence-corrected chi connectivity index (χ3v) is 4.91. The number of carboxylic acids is 1. The van der Waals surface area contributed by atoms with E-state index in [1.807, 2.05) is 31.2 Å². The van der Waals surface area contributed by atoms with Crippen molar-refractivity contribution in [1.82, 2.24) is 10.6 Å². The SMILES string of the molecule is CCCN[C@@H](CCC(=O)NC(=O)c1ccc2c(c1)Cc1ccccc1-2)C(=O)O. The summed E-state index contributed by atoms with van der Waals surface area (Å²) >= 11 is 0. The van der Waals surface area contributed by atoms with Crippen molar-refractivity contribution in [2.75, 3.05) is 6.54 Å². The molecule has 0 bridgehead atoms. The molecule has 0 heterocycles. The van der Waals surface area contributed by atoms with E-state index in [0.717, 1.165) is 24.0 Å². The highest BCUT2D eigenvalue weighted by atomic mass is 16.4. The Morgan fingerprint density at radius 1 is 1.07 bits per heavy atom. The number of hydrogen-bond donors (Lipinski definition) is 3. The van der Waals surface area contributed by atoms with Crippen molar-refractivity contribution in [3.8, 4) is 11.1 Å². The van der Waals surface area contributed by atoms with E-state index in [-0.39, 0.29) is 12.8 Å². The molecular formula is C22H24N2O4. The lowest BCUT2D eigenvalue weighted by atomic mass is 10.0. The van der Waals surface area contributed by atoms with E-state index in [0.29, 0.717) is 12.1 Å². The summed E-state index contributed by atoms with van der Waals surface area (Å²) in [5.74, 6) is -1.93. The van der Waals surface area contributed by atoms with Crippen molar-refractivity contribution >= 4 is 17.8 Å². The summed E-state index contributed by atoms with van der Waals surface area (Å²) in [4.78, 5) is 35.7. The summed E-state index contributed by atoms with van der Waals surface area (Å²) in [6.07, 6.45) is 1.67. The van der Waals surface area contributed by atoms with Crippen LogP contribution in [0.1, 0.15) is 47.7 Å². The standard InChI is InChI=1S/C22H24N2O4/c1-2-11-23-19(22(27)28)9-10-20(25)24-21(26)15-7-8-18-16(13-15)12-14-5-3-4-6-17(14)18/h3-8,13,19,23H,2,9-12H2,1H3,(H,27,28)(H,24,25,26)/t19-/m0/s1. The van der Waals surface area contributed by atoms with Gasteiger partial charge in [0, 0.05) is 12.0 Å². The number of nitrogens with one attached hydrogen (secondary N) is 2. The number of carbonyl (C=O) groups excluding carboxylic acids is 2. The Morgan fingerprint density at radius 2 is 1.82 bits per heavy atom. The normalized spacial score (nSPS) is 12.8. The molecule has 0 saturated carbocycles. The number of fused-ring (bicyclic) bond motifs is 3. The van der Waals surface area contributed by atoms with Crippen LogP contribution >= 0.6 is 0 Å². The molecule has 0 aliphatic heterocycles. The Kier molecular flexibility index (Phi) is 6.21. The van der Waals surface area contributed by atoms with Gasteiger partial charge in [0.15, 0.2) is 0 Å². The average Bonchev–Trinajstić information content (AvgIpc) is 3.05. The Bertz CT molecular complexity index is 907. The molecule has 0 fully saturated rings. The molecule has 0 radical (unpaired) electrons. The fourth-order valence-electron chi connectivity index (χ4n) is 3.45. The first-order valence-electron chi connectivity index (χ1n) is 9.51.